The molecule has 0 fully saturated rings. The third kappa shape index (κ3) is 15.7. The quantitative estimate of drug-likeness (QED) is 0.0572. The molecule has 0 unspecified atom stereocenters. The lowest BCUT2D eigenvalue weighted by atomic mass is 9.99. The topological polar surface area (TPSA) is 195 Å². The van der Waals surface area contributed by atoms with Crippen LogP contribution in [-0.2, 0) is 38.0 Å². The monoisotopic (exact) mass is 886 g/mol. The molecule has 17 nitrogen and oxygen atoms in total. The minimum absolute atomic E-state index is 0.0679. The fourth-order valence-electron chi connectivity index (χ4n) is 6.02. The largest absolute Gasteiger partial charge is 0.491 e. The summed E-state index contributed by atoms with van der Waals surface area (Å²) in [7, 11) is 0. The van der Waals surface area contributed by atoms with Gasteiger partial charge in [0.2, 0.25) is 5.91 Å². The first kappa shape index (κ1) is 47.5. The van der Waals surface area contributed by atoms with Gasteiger partial charge < -0.3 is 53.6 Å². The van der Waals surface area contributed by atoms with Gasteiger partial charge in [0, 0.05) is 33.3 Å². The summed E-state index contributed by atoms with van der Waals surface area (Å²) in [5, 5.41) is 24.2. The zero-order chi connectivity index (χ0) is 43.2. The van der Waals surface area contributed by atoms with E-state index in [0.717, 1.165) is 33.2 Å². The number of fused-ring (bicyclic) bond motifs is 3. The van der Waals surface area contributed by atoms with Gasteiger partial charge in [-0.2, -0.15) is 0 Å². The van der Waals surface area contributed by atoms with Crippen molar-refractivity contribution in [3.63, 3.8) is 0 Å². The molecule has 0 radical (unpaired) electrons. The number of hydrogen-bond donors (Lipinski definition) is 3. The van der Waals surface area contributed by atoms with Crippen LogP contribution in [0, 0.1) is 20.8 Å². The fourth-order valence-corrected chi connectivity index (χ4v) is 7.36. The Morgan fingerprint density at radius 1 is 0.721 bits per heavy atom. The Kier molecular flexibility index (Phi) is 20.3. The summed E-state index contributed by atoms with van der Waals surface area (Å²) < 4.78 is 46.0. The van der Waals surface area contributed by atoms with Gasteiger partial charge >= 0.3 is 6.09 Å². The number of benzene rings is 2. The number of hydrogen-bond acceptors (Lipinski definition) is 14. The molecular weight excluding hydrogens is 832 g/mol. The summed E-state index contributed by atoms with van der Waals surface area (Å²) in [6.45, 7) is 12.7. The van der Waals surface area contributed by atoms with Crippen molar-refractivity contribution in [2.24, 2.45) is 4.99 Å². The normalized spacial score (nSPS) is 13.3. The van der Waals surface area contributed by atoms with Crippen molar-refractivity contribution in [1.82, 2.24) is 20.1 Å². The van der Waals surface area contributed by atoms with E-state index >= 15 is 0 Å². The van der Waals surface area contributed by atoms with E-state index in [4.69, 9.17) is 59.6 Å². The highest BCUT2D eigenvalue weighted by Gasteiger charge is 2.32. The average molecular weight is 887 g/mol. The number of thiophene rings is 1. The molecule has 0 aliphatic carbocycles. The van der Waals surface area contributed by atoms with Crippen molar-refractivity contribution in [2.75, 3.05) is 111 Å². The molecule has 1 aliphatic rings. The Morgan fingerprint density at radius 2 is 1.25 bits per heavy atom. The SMILES string of the molecule is Cc1sc2c(c1C)C(c1ccc(Cl)cc1)=N[C@@H](CC(=O)Nc1ccc(OCCOCCOCCOCCOCCOCCOCCOCCNC(=O)O)cc1)c1nnc(C)n1-2. The Bertz CT molecular complexity index is 1980. The van der Waals surface area contributed by atoms with E-state index in [1.54, 1.807) is 35.6 Å². The Labute approximate surface area is 364 Å². The van der Waals surface area contributed by atoms with Gasteiger partial charge in [0.25, 0.3) is 0 Å². The van der Waals surface area contributed by atoms with Crippen LogP contribution in [0.25, 0.3) is 5.00 Å². The molecule has 19 heteroatoms. The van der Waals surface area contributed by atoms with Crippen LogP contribution < -0.4 is 15.4 Å². The summed E-state index contributed by atoms with van der Waals surface area (Å²) >= 11 is 7.90. The van der Waals surface area contributed by atoms with E-state index in [-0.39, 0.29) is 18.9 Å². The standard InChI is InChI=1S/C42H55ClN6O11S/c1-29-30(2)61-41-38(29)39(32-4-6-33(43)7-5-32)46-36(40-48-47-31(3)49(40)41)28-37(50)45-34-8-10-35(11-9-34)60-27-26-59-25-24-58-23-22-57-21-20-56-19-18-55-17-16-54-15-14-53-13-12-44-42(51)52/h4-11,36,44H,12-28H2,1-3H3,(H,45,50)(H,51,52)/t36-/m0/s1. The number of nitrogens with zero attached hydrogens (tertiary/aromatic N) is 4. The highest BCUT2D eigenvalue weighted by Crippen LogP contribution is 2.39. The van der Waals surface area contributed by atoms with Gasteiger partial charge in [0.15, 0.2) is 5.82 Å². The number of carbonyl (C=O) groups is 2. The summed E-state index contributed by atoms with van der Waals surface area (Å²) in [4.78, 5) is 30.1. The molecule has 0 saturated carbocycles. The summed E-state index contributed by atoms with van der Waals surface area (Å²) in [6, 6.07) is 14.2. The van der Waals surface area contributed by atoms with Gasteiger partial charge in [0.1, 0.15) is 29.2 Å². The fraction of sp³-hybridized carbons (Fsp3) is 0.500. The Morgan fingerprint density at radius 3 is 1.79 bits per heavy atom. The summed E-state index contributed by atoms with van der Waals surface area (Å²) in [5.41, 5.74) is 4.48. The lowest BCUT2D eigenvalue weighted by Gasteiger charge is -2.13. The van der Waals surface area contributed by atoms with Crippen molar-refractivity contribution in [1.29, 1.82) is 0 Å². The molecule has 1 atom stereocenters. The number of rotatable bonds is 29. The number of carbonyl (C=O) groups excluding carboxylic acids is 1. The lowest BCUT2D eigenvalue weighted by molar-refractivity contribution is -0.116. The second kappa shape index (κ2) is 26.1. The van der Waals surface area contributed by atoms with Gasteiger partial charge in [-0.3, -0.25) is 14.4 Å². The van der Waals surface area contributed by atoms with Crippen LogP contribution in [-0.4, -0.2) is 143 Å². The second-order valence-corrected chi connectivity index (χ2v) is 15.2. The molecule has 2 amide bonds. The predicted octanol–water partition coefficient (Wildman–Crippen LogP) is 5.59. The first-order chi connectivity index (χ1) is 29.7. The van der Waals surface area contributed by atoms with E-state index in [0.29, 0.717) is 121 Å². The zero-order valence-electron chi connectivity index (χ0n) is 34.8. The molecule has 0 saturated heterocycles. The predicted molar refractivity (Wildman–Crippen MR) is 230 cm³/mol. The molecule has 1 aliphatic heterocycles. The highest BCUT2D eigenvalue weighted by atomic mass is 35.5. The molecule has 0 spiro atoms. The third-order valence-electron chi connectivity index (χ3n) is 9.13. The lowest BCUT2D eigenvalue weighted by Crippen LogP contribution is -2.25. The molecule has 2 aromatic heterocycles. The molecule has 2 aromatic carbocycles. The molecule has 3 heterocycles. The highest BCUT2D eigenvalue weighted by molar-refractivity contribution is 7.15. The molecule has 4 aromatic rings. The second-order valence-electron chi connectivity index (χ2n) is 13.5. The van der Waals surface area contributed by atoms with E-state index < -0.39 is 12.1 Å². The first-order valence-electron chi connectivity index (χ1n) is 20.1. The maximum atomic E-state index is 13.5. The smallest absolute Gasteiger partial charge is 0.404 e. The van der Waals surface area contributed by atoms with Crippen molar-refractivity contribution >= 4 is 46.3 Å². The van der Waals surface area contributed by atoms with Gasteiger partial charge in [-0.15, -0.1) is 21.5 Å². The number of ether oxygens (including phenoxy) is 8. The van der Waals surface area contributed by atoms with Crippen LogP contribution in [0.15, 0.2) is 53.5 Å². The summed E-state index contributed by atoms with van der Waals surface area (Å²) in [6.07, 6.45) is -1.00. The Hall–Kier alpha value is -4.50. The maximum absolute atomic E-state index is 13.5. The van der Waals surface area contributed by atoms with E-state index in [2.05, 4.69) is 34.7 Å². The van der Waals surface area contributed by atoms with Gasteiger partial charge in [0.05, 0.1) is 105 Å². The van der Waals surface area contributed by atoms with Crippen LogP contribution in [0.4, 0.5) is 10.5 Å². The Balaban J connectivity index is 0.892. The maximum Gasteiger partial charge on any atom is 0.404 e. The van der Waals surface area contributed by atoms with Crippen molar-refractivity contribution in [3.8, 4) is 10.8 Å². The third-order valence-corrected chi connectivity index (χ3v) is 10.6. The number of nitrogens with one attached hydrogen (secondary N) is 2. The van der Waals surface area contributed by atoms with Crippen molar-refractivity contribution in [3.05, 3.63) is 86.8 Å². The zero-order valence-corrected chi connectivity index (χ0v) is 36.4. The average Bonchev–Trinajstić information content (AvgIpc) is 3.72. The number of carboxylic acid groups (broad SMARTS) is 1. The number of halogens is 1. The number of anilines is 1. The van der Waals surface area contributed by atoms with Crippen LogP contribution in [0.3, 0.4) is 0 Å². The molecule has 5 rings (SSSR count). The molecule has 61 heavy (non-hydrogen) atoms. The van der Waals surface area contributed by atoms with Gasteiger partial charge in [-0.05, 0) is 62.7 Å². The van der Waals surface area contributed by atoms with E-state index in [1.807, 2.05) is 35.8 Å². The van der Waals surface area contributed by atoms with Crippen LogP contribution >= 0.6 is 22.9 Å². The van der Waals surface area contributed by atoms with Crippen LogP contribution in [0.1, 0.15) is 45.7 Å². The first-order valence-corrected chi connectivity index (χ1v) is 21.3. The number of aromatic nitrogens is 3. The minimum Gasteiger partial charge on any atom is -0.491 e. The number of amides is 2. The summed E-state index contributed by atoms with van der Waals surface area (Å²) in [5.74, 6) is 1.80. The van der Waals surface area contributed by atoms with Gasteiger partial charge in [-0.1, -0.05) is 23.7 Å². The van der Waals surface area contributed by atoms with E-state index in [9.17, 15) is 9.59 Å². The van der Waals surface area contributed by atoms with Crippen LogP contribution in [0.2, 0.25) is 5.02 Å². The van der Waals surface area contributed by atoms with Crippen molar-refractivity contribution in [2.45, 2.75) is 33.2 Å². The van der Waals surface area contributed by atoms with Gasteiger partial charge in [-0.25, -0.2) is 4.79 Å². The van der Waals surface area contributed by atoms with E-state index in [1.165, 1.54) is 4.88 Å². The molecule has 332 valence electrons. The van der Waals surface area contributed by atoms with Crippen molar-refractivity contribution < 1.29 is 52.6 Å². The number of aliphatic imine (C=N–C) groups is 1. The molecule has 0 bridgehead atoms. The van der Waals surface area contributed by atoms with Crippen LogP contribution in [0.5, 0.6) is 5.75 Å². The minimum atomic E-state index is -1.07. The molecule has 3 N–H and O–H groups in total. The number of aryl methyl sites for hydroxylation is 2. The molecular formula is C42H55ClN6O11S.